The summed E-state index contributed by atoms with van der Waals surface area (Å²) in [6, 6.07) is 4.29. The number of ether oxygens (including phenoxy) is 6. The van der Waals surface area contributed by atoms with Crippen LogP contribution in [0.1, 0.15) is 44.1 Å². The normalized spacial score (nSPS) is 18.8. The van der Waals surface area contributed by atoms with Crippen LogP contribution >= 0.6 is 0 Å². The molecule has 0 saturated heterocycles. The molecule has 0 unspecified atom stereocenters. The quantitative estimate of drug-likeness (QED) is 0.272. The number of carbonyl (C=O) groups excluding carboxylic acids is 6. The summed E-state index contributed by atoms with van der Waals surface area (Å²) in [6.07, 6.45) is -1.64. The molecule has 2 aromatic rings. The second-order valence-electron chi connectivity index (χ2n) is 9.47. The van der Waals surface area contributed by atoms with Gasteiger partial charge >= 0.3 is 29.8 Å². The molecule has 1 N–H and O–H groups in total. The molecule has 0 spiro atoms. The lowest BCUT2D eigenvalue weighted by Gasteiger charge is -2.41. The predicted octanol–water partition coefficient (Wildman–Crippen LogP) is 0.660. The van der Waals surface area contributed by atoms with Crippen LogP contribution in [0.3, 0.4) is 0 Å². The van der Waals surface area contributed by atoms with E-state index in [1.165, 1.54) is 31.0 Å². The van der Waals surface area contributed by atoms with E-state index in [0.717, 1.165) is 27.9 Å². The van der Waals surface area contributed by atoms with Crippen molar-refractivity contribution in [2.75, 3.05) is 20.8 Å². The lowest BCUT2D eigenvalue weighted by molar-refractivity contribution is -0.188. The molecule has 1 aliphatic rings. The summed E-state index contributed by atoms with van der Waals surface area (Å²) in [5.74, 6) is -4.82. The molecular formula is C28H32N4O12. The maximum absolute atomic E-state index is 12.7. The van der Waals surface area contributed by atoms with E-state index in [1.807, 2.05) is 0 Å². The maximum Gasteiger partial charge on any atom is 0.373 e. The Hall–Kier alpha value is -5.28. The van der Waals surface area contributed by atoms with E-state index >= 15 is 0 Å². The van der Waals surface area contributed by atoms with E-state index in [2.05, 4.69) is 15.6 Å². The summed E-state index contributed by atoms with van der Waals surface area (Å²) in [6.45, 7) is 3.95. The van der Waals surface area contributed by atoms with Crippen LogP contribution < -0.4 is 5.32 Å². The number of hydrogen-bond acceptors (Lipinski definition) is 14. The van der Waals surface area contributed by atoms with Crippen molar-refractivity contribution in [3.63, 3.8) is 0 Å². The summed E-state index contributed by atoms with van der Waals surface area (Å²) in [5.41, 5.74) is 0.838. The molecule has 0 radical (unpaired) electrons. The van der Waals surface area contributed by atoms with Crippen LogP contribution in [0.15, 0.2) is 42.3 Å². The second kappa shape index (κ2) is 14.8. The molecule has 0 fully saturated rings. The highest BCUT2D eigenvalue weighted by molar-refractivity contribution is 5.96. The van der Waals surface area contributed by atoms with Crippen molar-refractivity contribution in [1.82, 2.24) is 20.3 Å². The van der Waals surface area contributed by atoms with Gasteiger partial charge < -0.3 is 33.7 Å². The van der Waals surface area contributed by atoms with Gasteiger partial charge in [-0.25, -0.2) is 14.3 Å². The van der Waals surface area contributed by atoms with E-state index in [1.54, 1.807) is 24.3 Å². The third-order valence-electron chi connectivity index (χ3n) is 6.25. The SMILES string of the molecule is COC(=O)C1=C[C@H](n2cc(-c3ccccc3C(=O)OC)nn2)[C@@H](NC(C)=O)[C@H]([C@H](OC(C)=O)[C@@H](COC(C)=O)OC(C)=O)O1. The summed E-state index contributed by atoms with van der Waals surface area (Å²) in [5, 5.41) is 11.1. The van der Waals surface area contributed by atoms with E-state index in [9.17, 15) is 28.8 Å². The third-order valence-corrected chi connectivity index (χ3v) is 6.25. The van der Waals surface area contributed by atoms with Crippen molar-refractivity contribution < 1.29 is 57.2 Å². The zero-order valence-corrected chi connectivity index (χ0v) is 24.8. The van der Waals surface area contributed by atoms with Gasteiger partial charge in [-0.1, -0.05) is 23.4 Å². The van der Waals surface area contributed by atoms with Gasteiger partial charge in [-0.15, -0.1) is 5.10 Å². The monoisotopic (exact) mass is 616 g/mol. The molecule has 1 amide bonds. The number of carbonyl (C=O) groups is 6. The molecule has 3 rings (SSSR count). The molecule has 0 aliphatic carbocycles. The van der Waals surface area contributed by atoms with Gasteiger partial charge in [0.25, 0.3) is 0 Å². The largest absolute Gasteiger partial charge is 0.477 e. The zero-order chi connectivity index (χ0) is 32.6. The smallest absolute Gasteiger partial charge is 0.373 e. The lowest BCUT2D eigenvalue weighted by Crippen LogP contribution is -2.60. The summed E-state index contributed by atoms with van der Waals surface area (Å²) >= 11 is 0. The number of rotatable bonds is 11. The molecule has 236 valence electrons. The fourth-order valence-electron chi connectivity index (χ4n) is 4.54. The Bertz CT molecular complexity index is 1450. The number of aromatic nitrogens is 3. The van der Waals surface area contributed by atoms with Crippen molar-refractivity contribution >= 4 is 35.8 Å². The van der Waals surface area contributed by atoms with Gasteiger partial charge in [-0.05, 0) is 12.1 Å². The molecule has 1 aliphatic heterocycles. The van der Waals surface area contributed by atoms with Crippen molar-refractivity contribution in [3.8, 4) is 11.3 Å². The van der Waals surface area contributed by atoms with Gasteiger partial charge in [0.2, 0.25) is 11.7 Å². The minimum Gasteiger partial charge on any atom is -0.477 e. The standard InChI is InChI=1S/C28H32N4O12/c1-14(33)29-24-21(32-12-20(30-31-32)18-9-7-8-10-19(18)27(37)39-5)11-22(28(38)40-6)44-26(24)25(43-17(4)36)23(42-16(3)35)13-41-15(2)34/h7-12,21,23-26H,13H2,1-6H3,(H,29,33)/t21-,23+,24+,25+,26+/m0/s1. The molecule has 1 aromatic carbocycles. The van der Waals surface area contributed by atoms with E-state index in [4.69, 9.17) is 28.4 Å². The molecule has 5 atom stereocenters. The van der Waals surface area contributed by atoms with Crippen molar-refractivity contribution in [3.05, 3.63) is 47.9 Å². The summed E-state index contributed by atoms with van der Waals surface area (Å²) in [7, 11) is 2.35. The highest BCUT2D eigenvalue weighted by Gasteiger charge is 2.49. The average Bonchev–Trinajstić information content (AvgIpc) is 3.47. The summed E-state index contributed by atoms with van der Waals surface area (Å²) in [4.78, 5) is 73.5. The molecule has 16 heteroatoms. The fraction of sp³-hybridized carbons (Fsp3) is 0.429. The van der Waals surface area contributed by atoms with Gasteiger partial charge in [0.15, 0.2) is 18.3 Å². The first-order valence-electron chi connectivity index (χ1n) is 13.2. The lowest BCUT2D eigenvalue weighted by atomic mass is 9.91. The number of benzene rings is 1. The van der Waals surface area contributed by atoms with E-state index in [0.29, 0.717) is 5.56 Å². The topological polar surface area (TPSA) is 201 Å². The van der Waals surface area contributed by atoms with Crippen molar-refractivity contribution in [2.24, 2.45) is 0 Å². The van der Waals surface area contributed by atoms with Crippen LogP contribution in [-0.2, 0) is 52.4 Å². The first-order valence-corrected chi connectivity index (χ1v) is 13.2. The minimum atomic E-state index is -1.54. The van der Waals surface area contributed by atoms with E-state index in [-0.39, 0.29) is 17.0 Å². The molecule has 1 aromatic heterocycles. The van der Waals surface area contributed by atoms with Gasteiger partial charge in [0.05, 0.1) is 38.1 Å². The summed E-state index contributed by atoms with van der Waals surface area (Å²) < 4.78 is 32.8. The zero-order valence-electron chi connectivity index (χ0n) is 24.8. The average molecular weight is 617 g/mol. The van der Waals surface area contributed by atoms with Crippen LogP contribution in [0, 0.1) is 0 Å². The number of methoxy groups -OCH3 is 2. The number of nitrogens with one attached hydrogen (secondary N) is 1. The minimum absolute atomic E-state index is 0.209. The van der Waals surface area contributed by atoms with Gasteiger partial charge in [0.1, 0.15) is 12.3 Å². The predicted molar refractivity (Wildman–Crippen MR) is 146 cm³/mol. The molecule has 2 heterocycles. The van der Waals surface area contributed by atoms with Crippen molar-refractivity contribution in [1.29, 1.82) is 0 Å². The molecular weight excluding hydrogens is 584 g/mol. The van der Waals surface area contributed by atoms with Gasteiger partial charge in [-0.3, -0.25) is 19.2 Å². The number of esters is 5. The first kappa shape index (κ1) is 33.2. The number of hydrogen-bond donors (Lipinski definition) is 1. The maximum atomic E-state index is 12.7. The molecule has 0 bridgehead atoms. The van der Waals surface area contributed by atoms with E-state index < -0.39 is 72.8 Å². The van der Waals surface area contributed by atoms with Crippen molar-refractivity contribution in [2.45, 2.75) is 58.1 Å². The second-order valence-corrected chi connectivity index (χ2v) is 9.47. The molecule has 0 saturated carbocycles. The van der Waals surface area contributed by atoms with Gasteiger partial charge in [-0.2, -0.15) is 0 Å². The molecule has 44 heavy (non-hydrogen) atoms. The Labute approximate surface area is 251 Å². The first-order chi connectivity index (χ1) is 20.9. The molecule has 16 nitrogen and oxygen atoms in total. The Morgan fingerprint density at radius 2 is 1.59 bits per heavy atom. The van der Waals surface area contributed by atoms with Crippen LogP contribution in [0.5, 0.6) is 0 Å². The Balaban J connectivity index is 2.19. The van der Waals surface area contributed by atoms with Crippen LogP contribution in [0.25, 0.3) is 11.3 Å². The number of amides is 1. The van der Waals surface area contributed by atoms with Crippen LogP contribution in [-0.4, -0.2) is 95.9 Å². The van der Waals surface area contributed by atoms with Crippen LogP contribution in [0.2, 0.25) is 0 Å². The Morgan fingerprint density at radius 3 is 2.18 bits per heavy atom. The number of nitrogens with zero attached hydrogens (tertiary/aromatic N) is 3. The third kappa shape index (κ3) is 8.17. The highest BCUT2D eigenvalue weighted by atomic mass is 16.6. The highest BCUT2D eigenvalue weighted by Crippen LogP contribution is 2.33. The Kier molecular flexibility index (Phi) is 11.1. The van der Waals surface area contributed by atoms with Crippen LogP contribution in [0.4, 0.5) is 0 Å². The fourth-order valence-corrected chi connectivity index (χ4v) is 4.54. The Morgan fingerprint density at radius 1 is 0.932 bits per heavy atom. The van der Waals surface area contributed by atoms with Gasteiger partial charge in [0, 0.05) is 33.3 Å².